The van der Waals surface area contributed by atoms with Gasteiger partial charge in [-0.2, -0.15) is 5.26 Å². The van der Waals surface area contributed by atoms with Crippen molar-refractivity contribution >= 4 is 107 Å². The van der Waals surface area contributed by atoms with Crippen LogP contribution in [0.4, 0.5) is 39.8 Å². The fraction of sp³-hybridized carbons (Fsp3) is 0. The molecule has 7 heteroatoms. The average Bonchev–Trinajstić information content (AvgIpc) is 1.13. The van der Waals surface area contributed by atoms with Crippen LogP contribution in [-0.4, -0.2) is 15.8 Å². The van der Waals surface area contributed by atoms with E-state index in [0.717, 1.165) is 0 Å². The van der Waals surface area contributed by atoms with Gasteiger partial charge in [-0.1, -0.05) is 236 Å². The van der Waals surface area contributed by atoms with Crippen molar-refractivity contribution in [2.45, 2.75) is 0 Å². The highest BCUT2D eigenvalue weighted by Crippen LogP contribution is 2.52. The van der Waals surface area contributed by atoms with Gasteiger partial charge in [-0.05, 0) is 146 Å². The lowest BCUT2D eigenvalue weighted by Crippen LogP contribution is -2.61. The normalized spacial score (nSPS) is 15.4. The molecule has 6 nitrogen and oxygen atoms in total. The highest BCUT2D eigenvalue weighted by atomic mass is 15.2. The third-order valence-corrected chi connectivity index (χ3v) is 17.7. The molecule has 0 saturated carbocycles. The van der Waals surface area contributed by atoms with Crippen molar-refractivity contribution in [1.82, 2.24) is 9.13 Å². The zero-order valence-electron chi connectivity index (χ0n) is 69.7. The van der Waals surface area contributed by atoms with Gasteiger partial charge in [0.1, 0.15) is 6.07 Å². The van der Waals surface area contributed by atoms with E-state index in [9.17, 15) is 21.7 Å². The van der Waals surface area contributed by atoms with Crippen LogP contribution in [0.1, 0.15) is 34.3 Å². The van der Waals surface area contributed by atoms with Crippen LogP contribution in [-0.2, 0) is 0 Å². The van der Waals surface area contributed by atoms with Gasteiger partial charge in [0.25, 0.3) is 6.71 Å². The summed E-state index contributed by atoms with van der Waals surface area (Å²) in [6.45, 7) is 7.99. The first-order chi connectivity index (χ1) is 54.8. The Morgan fingerprint density at radius 1 is 0.344 bits per heavy atom. The first kappa shape index (κ1) is 36.1. The Kier molecular flexibility index (Phi) is 8.36. The minimum absolute atomic E-state index is 0.0574. The minimum atomic E-state index is -1.03. The van der Waals surface area contributed by atoms with Gasteiger partial charge in [-0.25, -0.2) is 4.85 Å². The van der Waals surface area contributed by atoms with Crippen LogP contribution in [0.25, 0.3) is 115 Å². The summed E-state index contributed by atoms with van der Waals surface area (Å²) in [7, 11) is 0. The number of hydrogen-bond donors (Lipinski definition) is 0. The lowest BCUT2D eigenvalue weighted by molar-refractivity contribution is 1.17. The molecular weight excluding hydrogens is 1130 g/mol. The molecule has 0 spiro atoms. The SMILES string of the molecule is [2H]c1c([2H])c([2H])c(-c2cc3c4c(c2)N(c2cc(-c5ccccc5)c([N+]#[C-])c(-c5ccccc5)c2)c2cc(-n5c6c([2H])c([2H])c([2H])c([2H])c6c6c([2H])c([2H])c([2H])c([2H])c65)ccc2B4c2ccc(-n4c5c([2H])c([2H])c([2H])c([2H])c5c5c([2H])c([2H])c([2H])c([2H])c54)cc2N3c2cc(-c3ccccc3)c(C#N)c(-c3ccccc3)c2)c([2H])c1[2H]. The largest absolute Gasteiger partial charge is 0.311 e. The van der Waals surface area contributed by atoms with E-state index in [1.807, 2.05) is 155 Å². The standard InChI is InChI=1S/C86H53BN6/c1-89-86-72(59-31-13-5-14-32-59)51-65(52-73(86)60-33-15-6-16-34-60)93-82-54-63(91-79-41-23-19-37-68(79)69-38-20-24-42-80(69)91)44-46-76(82)87-75-45-43-62(90-77-39-21-17-35-66(77)67-36-18-22-40-78(67)90)53-81(75)92(83-47-61(48-84(93)85(83)87)56-25-7-2-8-26-56)64-49-70(57-27-9-3-10-28-57)74(55-88)71(50-64)58-29-11-4-12-30-58/h2-54H/i2D,7D,8D,17D,18D,19D,20D,21D,22D,23D,24D,25D,26D,35D,36D,37D,38D,39D,40D,41D,42D. The summed E-state index contributed by atoms with van der Waals surface area (Å²) in [6.07, 6.45) is 0. The van der Waals surface area contributed by atoms with Crippen molar-refractivity contribution in [3.8, 4) is 73.1 Å². The number of benzene rings is 14. The molecule has 16 aromatic rings. The minimum Gasteiger partial charge on any atom is -0.311 e. The first-order valence-electron chi connectivity index (χ1n) is 40.3. The number of anilines is 6. The number of fused-ring (bicyclic) bond motifs is 10. The van der Waals surface area contributed by atoms with E-state index < -0.39 is 134 Å². The van der Waals surface area contributed by atoms with Crippen LogP contribution < -0.4 is 26.2 Å². The summed E-state index contributed by atoms with van der Waals surface area (Å²) >= 11 is 0. The summed E-state index contributed by atoms with van der Waals surface area (Å²) in [5.41, 5.74) is 7.58. The lowest BCUT2D eigenvalue weighted by atomic mass is 9.33. The third kappa shape index (κ3) is 8.42. The molecule has 0 bridgehead atoms. The summed E-state index contributed by atoms with van der Waals surface area (Å²) in [4.78, 5) is 8.05. The topological polar surface area (TPSA) is 44.5 Å². The van der Waals surface area contributed by atoms with Gasteiger partial charge < -0.3 is 18.9 Å². The smallest absolute Gasteiger partial charge is 0.252 e. The Labute approximate surface area is 568 Å². The van der Waals surface area contributed by atoms with Crippen LogP contribution >= 0.6 is 0 Å². The molecular formula is C86H53BN6. The van der Waals surface area contributed by atoms with Gasteiger partial charge in [0.05, 0.1) is 63.0 Å². The number of aromatic nitrogens is 2. The predicted molar refractivity (Wildman–Crippen MR) is 387 cm³/mol. The Morgan fingerprint density at radius 2 is 0.699 bits per heavy atom. The Hall–Kier alpha value is -12.7. The summed E-state index contributed by atoms with van der Waals surface area (Å²) in [6, 6.07) is 47.7. The summed E-state index contributed by atoms with van der Waals surface area (Å²) in [5, 5.41) is 10.8. The van der Waals surface area contributed by atoms with Crippen molar-refractivity contribution in [3.63, 3.8) is 0 Å². The first-order valence-corrected chi connectivity index (χ1v) is 29.8. The molecule has 430 valence electrons. The van der Waals surface area contributed by atoms with E-state index in [4.69, 9.17) is 18.9 Å². The molecule has 0 saturated heterocycles. The monoisotopic (exact) mass is 1200 g/mol. The zero-order valence-corrected chi connectivity index (χ0v) is 48.7. The number of nitriles is 1. The van der Waals surface area contributed by atoms with Gasteiger partial charge in [0.2, 0.25) is 5.69 Å². The number of nitrogens with zero attached hydrogens (tertiary/aromatic N) is 6. The van der Waals surface area contributed by atoms with Crippen LogP contribution in [0.3, 0.4) is 0 Å². The van der Waals surface area contributed by atoms with E-state index in [1.165, 1.54) is 9.13 Å². The predicted octanol–water partition coefficient (Wildman–Crippen LogP) is 20.7. The van der Waals surface area contributed by atoms with E-state index in [-0.39, 0.29) is 88.7 Å². The van der Waals surface area contributed by atoms with E-state index in [0.29, 0.717) is 83.6 Å². The Balaban J connectivity index is 1.07. The van der Waals surface area contributed by atoms with Gasteiger partial charge in [-0.3, -0.25) is 0 Å². The zero-order chi connectivity index (χ0) is 80.0. The molecule has 0 unspecified atom stereocenters. The molecule has 0 aliphatic carbocycles. The molecule has 18 rings (SSSR count). The maximum atomic E-state index is 11.6. The van der Waals surface area contributed by atoms with Gasteiger partial charge >= 0.3 is 0 Å². The molecule has 0 fully saturated rings. The quantitative estimate of drug-likeness (QED) is 0.107. The fourth-order valence-electron chi connectivity index (χ4n) is 13.8. The Bertz CT molecular complexity index is 6420. The van der Waals surface area contributed by atoms with Crippen molar-refractivity contribution in [1.29, 1.82) is 5.26 Å². The molecule has 0 atom stereocenters. The Morgan fingerprint density at radius 3 is 1.08 bits per heavy atom. The van der Waals surface area contributed by atoms with Crippen molar-refractivity contribution in [3.05, 3.63) is 338 Å². The van der Waals surface area contributed by atoms with E-state index in [1.54, 1.807) is 48.5 Å². The molecule has 2 aromatic heterocycles. The fourth-order valence-corrected chi connectivity index (χ4v) is 13.8. The molecule has 0 radical (unpaired) electrons. The van der Waals surface area contributed by atoms with Crippen molar-refractivity contribution in [2.75, 3.05) is 9.80 Å². The lowest BCUT2D eigenvalue weighted by Gasteiger charge is -2.45. The number of hydrogen-bond acceptors (Lipinski definition) is 3. The summed E-state index contributed by atoms with van der Waals surface area (Å²) < 4.78 is 199. The second-order valence-corrected chi connectivity index (χ2v) is 22.6. The van der Waals surface area contributed by atoms with Crippen LogP contribution in [0.5, 0.6) is 0 Å². The highest BCUT2D eigenvalue weighted by Gasteiger charge is 2.45. The second kappa shape index (κ2) is 21.5. The van der Waals surface area contributed by atoms with E-state index in [2.05, 4.69) is 10.9 Å². The highest BCUT2D eigenvalue weighted by molar-refractivity contribution is 7.00. The molecule has 0 N–H and O–H groups in total. The summed E-state index contributed by atoms with van der Waals surface area (Å²) in [5.74, 6) is 0. The molecule has 0 amide bonds. The number of para-hydroxylation sites is 4. The molecule has 14 aromatic carbocycles. The average molecular weight is 1200 g/mol. The van der Waals surface area contributed by atoms with Crippen LogP contribution in [0.15, 0.2) is 321 Å². The van der Waals surface area contributed by atoms with Crippen LogP contribution in [0, 0.1) is 17.9 Å². The van der Waals surface area contributed by atoms with Gasteiger partial charge in [-0.15, -0.1) is 0 Å². The van der Waals surface area contributed by atoms with Gasteiger partial charge in [0, 0.05) is 78.2 Å². The maximum absolute atomic E-state index is 11.6. The molecule has 4 heterocycles. The molecule has 2 aliphatic heterocycles. The van der Waals surface area contributed by atoms with Gasteiger partial charge in [0.15, 0.2) is 0 Å². The van der Waals surface area contributed by atoms with E-state index >= 15 is 0 Å². The molecule has 93 heavy (non-hydrogen) atoms. The number of rotatable bonds is 9. The molecule has 2 aliphatic rings. The second-order valence-electron chi connectivity index (χ2n) is 22.6. The van der Waals surface area contributed by atoms with Crippen LogP contribution in [0.2, 0.25) is 0 Å². The van der Waals surface area contributed by atoms with Crippen molar-refractivity contribution < 1.29 is 28.8 Å². The third-order valence-electron chi connectivity index (χ3n) is 17.7. The van der Waals surface area contributed by atoms with Crippen molar-refractivity contribution in [2.24, 2.45) is 0 Å². The maximum Gasteiger partial charge on any atom is 0.252 e.